The van der Waals surface area contributed by atoms with Crippen molar-refractivity contribution in [3.63, 3.8) is 0 Å². The van der Waals surface area contributed by atoms with E-state index >= 15 is 0 Å². The Morgan fingerprint density at radius 1 is 1.38 bits per heavy atom. The standard InChI is InChI=1S/C16H14N2O3/c1-10-5-6-11(8-17)7-14(10)21-9-12-3-2-4-13(18)15(12)16(19)20/h2-7H,9,18H2,1H3,(H,19,20). The van der Waals surface area contributed by atoms with Gasteiger partial charge in [0, 0.05) is 11.3 Å². The highest BCUT2D eigenvalue weighted by Gasteiger charge is 2.14. The molecule has 0 saturated heterocycles. The fourth-order valence-corrected chi connectivity index (χ4v) is 1.98. The summed E-state index contributed by atoms with van der Waals surface area (Å²) in [4.78, 5) is 11.2. The molecule has 0 unspecified atom stereocenters. The zero-order chi connectivity index (χ0) is 15.4. The summed E-state index contributed by atoms with van der Waals surface area (Å²) in [6.45, 7) is 1.93. The van der Waals surface area contributed by atoms with Gasteiger partial charge in [-0.1, -0.05) is 18.2 Å². The van der Waals surface area contributed by atoms with Crippen LogP contribution in [-0.4, -0.2) is 11.1 Å². The van der Waals surface area contributed by atoms with Crippen LogP contribution < -0.4 is 10.5 Å². The number of anilines is 1. The Balaban J connectivity index is 2.27. The molecule has 0 aliphatic heterocycles. The lowest BCUT2D eigenvalue weighted by atomic mass is 10.1. The molecule has 106 valence electrons. The van der Waals surface area contributed by atoms with Crippen LogP contribution in [0.1, 0.15) is 27.0 Å². The average molecular weight is 282 g/mol. The molecule has 5 nitrogen and oxygen atoms in total. The third-order valence-corrected chi connectivity index (χ3v) is 3.10. The molecule has 0 aliphatic carbocycles. The van der Waals surface area contributed by atoms with Crippen molar-refractivity contribution >= 4 is 11.7 Å². The number of nitriles is 1. The molecule has 3 N–H and O–H groups in total. The molecule has 0 heterocycles. The van der Waals surface area contributed by atoms with Crippen molar-refractivity contribution in [3.8, 4) is 11.8 Å². The summed E-state index contributed by atoms with van der Waals surface area (Å²) in [5, 5.41) is 18.1. The summed E-state index contributed by atoms with van der Waals surface area (Å²) in [6.07, 6.45) is 0. The molecule has 2 rings (SSSR count). The summed E-state index contributed by atoms with van der Waals surface area (Å²) < 4.78 is 5.64. The molecule has 0 fully saturated rings. The van der Waals surface area contributed by atoms with Gasteiger partial charge < -0.3 is 15.6 Å². The number of nitrogens with two attached hydrogens (primary N) is 1. The van der Waals surface area contributed by atoms with Crippen molar-refractivity contribution in [1.29, 1.82) is 5.26 Å². The molecule has 2 aromatic carbocycles. The number of rotatable bonds is 4. The average Bonchev–Trinajstić information content (AvgIpc) is 2.46. The smallest absolute Gasteiger partial charge is 0.338 e. The van der Waals surface area contributed by atoms with Gasteiger partial charge in [-0.3, -0.25) is 0 Å². The molecular weight excluding hydrogens is 268 g/mol. The summed E-state index contributed by atoms with van der Waals surface area (Å²) >= 11 is 0. The van der Waals surface area contributed by atoms with Crippen LogP contribution in [0.3, 0.4) is 0 Å². The summed E-state index contributed by atoms with van der Waals surface area (Å²) in [5.41, 5.74) is 7.78. The minimum absolute atomic E-state index is 0.0478. The number of benzene rings is 2. The molecule has 21 heavy (non-hydrogen) atoms. The van der Waals surface area contributed by atoms with E-state index in [0.29, 0.717) is 16.9 Å². The van der Waals surface area contributed by atoms with Crippen LogP contribution in [0.2, 0.25) is 0 Å². The van der Waals surface area contributed by atoms with Crippen LogP contribution in [0.5, 0.6) is 5.75 Å². The molecular formula is C16H14N2O3. The van der Waals surface area contributed by atoms with E-state index in [0.717, 1.165) is 5.56 Å². The monoisotopic (exact) mass is 282 g/mol. The second kappa shape index (κ2) is 5.97. The van der Waals surface area contributed by atoms with E-state index in [1.165, 1.54) is 6.07 Å². The first-order valence-corrected chi connectivity index (χ1v) is 6.27. The van der Waals surface area contributed by atoms with Crippen molar-refractivity contribution in [2.75, 3.05) is 5.73 Å². The number of hydrogen-bond donors (Lipinski definition) is 2. The molecule has 5 heteroatoms. The number of hydrogen-bond acceptors (Lipinski definition) is 4. The highest BCUT2D eigenvalue weighted by atomic mass is 16.5. The minimum atomic E-state index is -1.09. The van der Waals surface area contributed by atoms with E-state index in [1.54, 1.807) is 30.3 Å². The van der Waals surface area contributed by atoms with Gasteiger partial charge in [0.15, 0.2) is 0 Å². The van der Waals surface area contributed by atoms with Gasteiger partial charge >= 0.3 is 5.97 Å². The van der Waals surface area contributed by atoms with Crippen molar-refractivity contribution in [2.45, 2.75) is 13.5 Å². The maximum absolute atomic E-state index is 11.2. The van der Waals surface area contributed by atoms with Gasteiger partial charge in [-0.15, -0.1) is 0 Å². The van der Waals surface area contributed by atoms with Crippen molar-refractivity contribution in [2.24, 2.45) is 0 Å². The largest absolute Gasteiger partial charge is 0.489 e. The lowest BCUT2D eigenvalue weighted by Gasteiger charge is -2.12. The van der Waals surface area contributed by atoms with Crippen molar-refractivity contribution in [1.82, 2.24) is 0 Å². The number of carboxylic acid groups (broad SMARTS) is 1. The molecule has 0 bridgehead atoms. The second-order valence-electron chi connectivity index (χ2n) is 4.57. The van der Waals surface area contributed by atoms with Crippen molar-refractivity contribution in [3.05, 3.63) is 58.7 Å². The Kier molecular flexibility index (Phi) is 4.10. The molecule has 0 aromatic heterocycles. The van der Waals surface area contributed by atoms with E-state index < -0.39 is 5.97 Å². The van der Waals surface area contributed by atoms with E-state index in [1.807, 2.05) is 13.0 Å². The quantitative estimate of drug-likeness (QED) is 0.840. The number of nitrogen functional groups attached to an aromatic ring is 1. The van der Waals surface area contributed by atoms with Gasteiger partial charge in [0.25, 0.3) is 0 Å². The molecule has 0 saturated carbocycles. The lowest BCUT2D eigenvalue weighted by Crippen LogP contribution is -2.09. The predicted octanol–water partition coefficient (Wildman–Crippen LogP) is 2.73. The zero-order valence-corrected chi connectivity index (χ0v) is 11.5. The van der Waals surface area contributed by atoms with Crippen LogP contribution in [0, 0.1) is 18.3 Å². The Morgan fingerprint density at radius 3 is 2.81 bits per heavy atom. The zero-order valence-electron chi connectivity index (χ0n) is 11.5. The molecule has 0 aliphatic rings. The maximum atomic E-state index is 11.2. The number of aromatic carboxylic acids is 1. The highest BCUT2D eigenvalue weighted by Crippen LogP contribution is 2.23. The highest BCUT2D eigenvalue weighted by molar-refractivity contribution is 5.95. The van der Waals surface area contributed by atoms with E-state index in [9.17, 15) is 9.90 Å². The Hall–Kier alpha value is -3.00. The fraction of sp³-hybridized carbons (Fsp3) is 0.125. The van der Waals surface area contributed by atoms with E-state index in [-0.39, 0.29) is 17.9 Å². The number of aryl methyl sites for hydroxylation is 1. The third-order valence-electron chi connectivity index (χ3n) is 3.10. The van der Waals surface area contributed by atoms with Crippen LogP contribution in [0.15, 0.2) is 36.4 Å². The van der Waals surface area contributed by atoms with Crippen LogP contribution in [-0.2, 0) is 6.61 Å². The lowest BCUT2D eigenvalue weighted by molar-refractivity contribution is 0.0695. The van der Waals surface area contributed by atoms with Gasteiger partial charge in [-0.05, 0) is 30.7 Å². The van der Waals surface area contributed by atoms with Gasteiger partial charge in [-0.25, -0.2) is 4.79 Å². The van der Waals surface area contributed by atoms with Crippen LogP contribution in [0.25, 0.3) is 0 Å². The first-order chi connectivity index (χ1) is 10.0. The minimum Gasteiger partial charge on any atom is -0.489 e. The van der Waals surface area contributed by atoms with E-state index in [2.05, 4.69) is 0 Å². The fourth-order valence-electron chi connectivity index (χ4n) is 1.98. The predicted molar refractivity (Wildman–Crippen MR) is 78.0 cm³/mol. The first kappa shape index (κ1) is 14.4. The molecule has 0 amide bonds. The summed E-state index contributed by atoms with van der Waals surface area (Å²) in [6, 6.07) is 12.0. The Morgan fingerprint density at radius 2 is 2.14 bits per heavy atom. The topological polar surface area (TPSA) is 96.3 Å². The Bertz CT molecular complexity index is 733. The second-order valence-corrected chi connectivity index (χ2v) is 4.57. The summed E-state index contributed by atoms with van der Waals surface area (Å²) in [5.74, 6) is -0.540. The number of ether oxygens (including phenoxy) is 1. The van der Waals surface area contributed by atoms with Gasteiger partial charge in [0.05, 0.1) is 17.2 Å². The van der Waals surface area contributed by atoms with Crippen molar-refractivity contribution < 1.29 is 14.6 Å². The number of carbonyl (C=O) groups is 1. The van der Waals surface area contributed by atoms with Crippen LogP contribution in [0.4, 0.5) is 5.69 Å². The molecule has 2 aromatic rings. The Labute approximate surface area is 122 Å². The number of carboxylic acids is 1. The SMILES string of the molecule is Cc1ccc(C#N)cc1OCc1cccc(N)c1C(=O)O. The normalized spacial score (nSPS) is 9.90. The van der Waals surface area contributed by atoms with Gasteiger partial charge in [-0.2, -0.15) is 5.26 Å². The van der Waals surface area contributed by atoms with Gasteiger partial charge in [0.2, 0.25) is 0 Å². The molecule has 0 atom stereocenters. The summed E-state index contributed by atoms with van der Waals surface area (Å²) in [7, 11) is 0. The maximum Gasteiger partial charge on any atom is 0.338 e. The van der Waals surface area contributed by atoms with E-state index in [4.69, 9.17) is 15.7 Å². The first-order valence-electron chi connectivity index (χ1n) is 6.27. The third kappa shape index (κ3) is 3.12. The molecule has 0 spiro atoms. The number of nitrogens with zero attached hydrogens (tertiary/aromatic N) is 1. The van der Waals surface area contributed by atoms with Gasteiger partial charge in [0.1, 0.15) is 12.4 Å². The molecule has 0 radical (unpaired) electrons. The van der Waals surface area contributed by atoms with Crippen LogP contribution >= 0.6 is 0 Å².